The molecule has 1 aliphatic rings. The minimum absolute atomic E-state index is 0.0694. The van der Waals surface area contributed by atoms with Crippen molar-refractivity contribution in [1.29, 1.82) is 0 Å². The predicted molar refractivity (Wildman–Crippen MR) is 32.5 cm³/mol. The average Bonchev–Trinajstić information content (AvgIpc) is 2.44. The fourth-order valence-electron chi connectivity index (χ4n) is 0.607. The van der Waals surface area contributed by atoms with Crippen molar-refractivity contribution in [2.45, 2.75) is 18.9 Å². The summed E-state index contributed by atoms with van der Waals surface area (Å²) in [5.74, 6) is 0.624. The van der Waals surface area contributed by atoms with Gasteiger partial charge >= 0.3 is 0 Å². The lowest BCUT2D eigenvalue weighted by atomic mass is 10.3. The fraction of sp³-hybridized carbons (Fsp3) is 1.00. The molecular weight excluding hydrogens is 156 g/mol. The molecule has 1 rings (SSSR count). The van der Waals surface area contributed by atoms with Crippen molar-refractivity contribution in [2.24, 2.45) is 5.92 Å². The maximum Gasteiger partial charge on any atom is 0.0665 e. The van der Waals surface area contributed by atoms with Gasteiger partial charge in [0.1, 0.15) is 0 Å². The summed E-state index contributed by atoms with van der Waals surface area (Å²) >= 11 is 3.21. The Morgan fingerprint density at radius 2 is 2.29 bits per heavy atom. The quantitative estimate of drug-likeness (QED) is 0.608. The molecule has 0 aliphatic heterocycles. The highest BCUT2D eigenvalue weighted by molar-refractivity contribution is 9.09. The van der Waals surface area contributed by atoms with Gasteiger partial charge in [-0.15, -0.1) is 0 Å². The summed E-state index contributed by atoms with van der Waals surface area (Å²) in [5.41, 5.74) is 0. The van der Waals surface area contributed by atoms with E-state index in [1.807, 2.05) is 0 Å². The largest absolute Gasteiger partial charge is 0.392 e. The van der Waals surface area contributed by atoms with Gasteiger partial charge in [0.15, 0.2) is 0 Å². The maximum absolute atomic E-state index is 8.95. The third-order valence-electron chi connectivity index (χ3n) is 1.32. The minimum Gasteiger partial charge on any atom is -0.392 e. The van der Waals surface area contributed by atoms with E-state index in [-0.39, 0.29) is 6.10 Å². The molecule has 0 unspecified atom stereocenters. The molecule has 0 amide bonds. The first kappa shape index (κ1) is 5.57. The van der Waals surface area contributed by atoms with Crippen LogP contribution in [-0.4, -0.2) is 16.5 Å². The van der Waals surface area contributed by atoms with Gasteiger partial charge in [-0.1, -0.05) is 15.9 Å². The Morgan fingerprint density at radius 1 is 1.71 bits per heavy atom. The SMILES string of the molecule is O[C@H](CBr)C1CC1. The zero-order valence-electron chi connectivity index (χ0n) is 4.10. The lowest BCUT2D eigenvalue weighted by molar-refractivity contribution is 0.177. The summed E-state index contributed by atoms with van der Waals surface area (Å²) in [6.07, 6.45) is 2.39. The molecule has 0 aromatic rings. The Bertz CT molecular complexity index is 61.1. The second-order valence-corrected chi connectivity index (χ2v) is 2.71. The van der Waals surface area contributed by atoms with Crippen molar-refractivity contribution >= 4 is 15.9 Å². The summed E-state index contributed by atoms with van der Waals surface area (Å²) in [4.78, 5) is 0. The van der Waals surface area contributed by atoms with Crippen LogP contribution in [0.2, 0.25) is 0 Å². The van der Waals surface area contributed by atoms with Crippen molar-refractivity contribution in [1.82, 2.24) is 0 Å². The molecule has 0 bridgehead atoms. The molecule has 2 heteroatoms. The van der Waals surface area contributed by atoms with Gasteiger partial charge in [-0.3, -0.25) is 0 Å². The average molecular weight is 165 g/mol. The number of alkyl halides is 1. The van der Waals surface area contributed by atoms with Gasteiger partial charge in [-0.05, 0) is 18.8 Å². The van der Waals surface area contributed by atoms with Crippen molar-refractivity contribution in [2.75, 3.05) is 5.33 Å². The highest BCUT2D eigenvalue weighted by atomic mass is 79.9. The van der Waals surface area contributed by atoms with Gasteiger partial charge in [-0.25, -0.2) is 0 Å². The zero-order valence-corrected chi connectivity index (χ0v) is 5.69. The standard InChI is InChI=1S/C5H9BrO/c6-3-5(7)4-1-2-4/h4-5,7H,1-3H2/t5-/m1/s1. The van der Waals surface area contributed by atoms with Gasteiger partial charge < -0.3 is 5.11 Å². The molecule has 0 heterocycles. The number of rotatable bonds is 2. The van der Waals surface area contributed by atoms with Gasteiger partial charge in [0.25, 0.3) is 0 Å². The van der Waals surface area contributed by atoms with Crippen molar-refractivity contribution in [3.05, 3.63) is 0 Å². The second kappa shape index (κ2) is 2.14. The van der Waals surface area contributed by atoms with E-state index < -0.39 is 0 Å². The highest BCUT2D eigenvalue weighted by Gasteiger charge is 2.28. The number of aliphatic hydroxyl groups excluding tert-OH is 1. The molecule has 1 aliphatic carbocycles. The van der Waals surface area contributed by atoms with E-state index in [0.29, 0.717) is 5.92 Å². The van der Waals surface area contributed by atoms with E-state index in [9.17, 15) is 0 Å². The Balaban J connectivity index is 2.10. The first-order valence-corrected chi connectivity index (χ1v) is 3.71. The van der Waals surface area contributed by atoms with Crippen molar-refractivity contribution < 1.29 is 5.11 Å². The number of aliphatic hydroxyl groups is 1. The van der Waals surface area contributed by atoms with Gasteiger partial charge in [-0.2, -0.15) is 0 Å². The number of hydrogen-bond donors (Lipinski definition) is 1. The van der Waals surface area contributed by atoms with E-state index in [4.69, 9.17) is 5.11 Å². The molecule has 0 aromatic carbocycles. The molecule has 0 aromatic heterocycles. The first-order chi connectivity index (χ1) is 3.34. The summed E-state index contributed by atoms with van der Waals surface area (Å²) in [6.45, 7) is 0. The third-order valence-corrected chi connectivity index (χ3v) is 1.99. The number of halogens is 1. The van der Waals surface area contributed by atoms with Crippen LogP contribution in [0.3, 0.4) is 0 Å². The maximum atomic E-state index is 8.95. The third kappa shape index (κ3) is 1.42. The van der Waals surface area contributed by atoms with Crippen LogP contribution in [0.4, 0.5) is 0 Å². The van der Waals surface area contributed by atoms with E-state index in [1.165, 1.54) is 12.8 Å². The monoisotopic (exact) mass is 164 g/mol. The molecule has 0 spiro atoms. The van der Waals surface area contributed by atoms with Gasteiger partial charge in [0.2, 0.25) is 0 Å². The minimum atomic E-state index is -0.0694. The fourth-order valence-corrected chi connectivity index (χ4v) is 1.14. The summed E-state index contributed by atoms with van der Waals surface area (Å²) in [6, 6.07) is 0. The Morgan fingerprint density at radius 3 is 2.43 bits per heavy atom. The van der Waals surface area contributed by atoms with Crippen LogP contribution in [0.15, 0.2) is 0 Å². The zero-order chi connectivity index (χ0) is 5.28. The van der Waals surface area contributed by atoms with Crippen LogP contribution in [0.1, 0.15) is 12.8 Å². The Kier molecular flexibility index (Phi) is 1.70. The lowest BCUT2D eigenvalue weighted by Crippen LogP contribution is -2.09. The van der Waals surface area contributed by atoms with Crippen LogP contribution >= 0.6 is 15.9 Å². The summed E-state index contributed by atoms with van der Waals surface area (Å²) in [7, 11) is 0. The van der Waals surface area contributed by atoms with Crippen LogP contribution in [0.5, 0.6) is 0 Å². The van der Waals surface area contributed by atoms with E-state index in [1.54, 1.807) is 0 Å². The van der Waals surface area contributed by atoms with Crippen molar-refractivity contribution in [3.63, 3.8) is 0 Å². The summed E-state index contributed by atoms with van der Waals surface area (Å²) in [5, 5.41) is 9.70. The van der Waals surface area contributed by atoms with Gasteiger partial charge in [0, 0.05) is 5.33 Å². The number of hydrogen-bond acceptors (Lipinski definition) is 1. The Labute approximate surface area is 51.9 Å². The van der Waals surface area contributed by atoms with Crippen LogP contribution < -0.4 is 0 Å². The summed E-state index contributed by atoms with van der Waals surface area (Å²) < 4.78 is 0. The molecule has 1 nitrogen and oxygen atoms in total. The molecule has 7 heavy (non-hydrogen) atoms. The van der Waals surface area contributed by atoms with Crippen LogP contribution in [0, 0.1) is 5.92 Å². The highest BCUT2D eigenvalue weighted by Crippen LogP contribution is 2.32. The molecule has 0 radical (unpaired) electrons. The normalized spacial score (nSPS) is 24.9. The second-order valence-electron chi connectivity index (χ2n) is 2.06. The first-order valence-electron chi connectivity index (χ1n) is 2.58. The van der Waals surface area contributed by atoms with Crippen molar-refractivity contribution in [3.8, 4) is 0 Å². The smallest absolute Gasteiger partial charge is 0.0665 e. The molecular formula is C5H9BrO. The molecule has 1 saturated carbocycles. The topological polar surface area (TPSA) is 20.2 Å². The van der Waals surface area contributed by atoms with Crippen LogP contribution in [-0.2, 0) is 0 Å². The van der Waals surface area contributed by atoms with E-state index in [0.717, 1.165) is 5.33 Å². The Hall–Kier alpha value is 0.440. The molecule has 42 valence electrons. The molecule has 1 fully saturated rings. The van der Waals surface area contributed by atoms with Gasteiger partial charge in [0.05, 0.1) is 6.10 Å². The van der Waals surface area contributed by atoms with E-state index >= 15 is 0 Å². The lowest BCUT2D eigenvalue weighted by Gasteiger charge is -1.99. The molecule has 0 saturated heterocycles. The predicted octanol–water partition coefficient (Wildman–Crippen LogP) is 1.15. The van der Waals surface area contributed by atoms with E-state index in [2.05, 4.69) is 15.9 Å². The molecule has 1 atom stereocenters. The van der Waals surface area contributed by atoms with Crippen LogP contribution in [0.25, 0.3) is 0 Å². The molecule has 1 N–H and O–H groups in total.